The first-order chi connectivity index (χ1) is 15.5. The van der Waals surface area contributed by atoms with Gasteiger partial charge >= 0.3 is 5.97 Å². The van der Waals surface area contributed by atoms with Crippen molar-refractivity contribution in [3.63, 3.8) is 0 Å². The van der Waals surface area contributed by atoms with Crippen LogP contribution in [-0.2, 0) is 22.5 Å². The van der Waals surface area contributed by atoms with Crippen LogP contribution in [0, 0.1) is 0 Å². The number of quaternary nitrogens is 1. The van der Waals surface area contributed by atoms with Crippen molar-refractivity contribution in [1.82, 2.24) is 0 Å². The number of unbranched alkanes of at least 4 members (excludes halogenated alkanes) is 5. The highest BCUT2D eigenvalue weighted by Gasteiger charge is 2.16. The quantitative estimate of drug-likeness (QED) is 0.129. The van der Waals surface area contributed by atoms with Crippen molar-refractivity contribution >= 4 is 5.97 Å². The summed E-state index contributed by atoms with van der Waals surface area (Å²) in [5.74, 6) is 0.565. The van der Waals surface area contributed by atoms with Gasteiger partial charge in [-0.2, -0.15) is 0 Å². The van der Waals surface area contributed by atoms with E-state index in [9.17, 15) is 4.79 Å². The maximum atomic E-state index is 12.1. The molecule has 0 spiro atoms. The van der Waals surface area contributed by atoms with Crippen LogP contribution in [-0.4, -0.2) is 37.9 Å². The Hall–Kier alpha value is -2.33. The maximum Gasteiger partial charge on any atom is 0.308 e. The lowest BCUT2D eigenvalue weighted by atomic mass is 10.0. The Balaban J connectivity index is 1.60. The van der Waals surface area contributed by atoms with Crippen molar-refractivity contribution in [2.75, 3.05) is 27.4 Å². The second kappa shape index (κ2) is 14.7. The molecule has 0 N–H and O–H groups in total. The normalized spacial score (nSPS) is 11.3. The van der Waals surface area contributed by atoms with Gasteiger partial charge in [-0.25, -0.2) is 0 Å². The molecule has 2 aromatic carbocycles. The summed E-state index contributed by atoms with van der Waals surface area (Å²) in [7, 11) is 4.39. The van der Waals surface area contributed by atoms with Gasteiger partial charge in [0, 0.05) is 12.0 Å². The van der Waals surface area contributed by atoms with E-state index >= 15 is 0 Å². The first kappa shape index (κ1) is 25.9. The Bertz CT molecular complexity index is 773. The molecule has 0 heterocycles. The average molecular weight is 441 g/mol. The van der Waals surface area contributed by atoms with Crippen LogP contribution < -0.4 is 4.74 Å². The number of carbonyl (C=O) groups is 1. The van der Waals surface area contributed by atoms with Crippen LogP contribution in [0.25, 0.3) is 0 Å². The molecule has 0 aliphatic heterocycles. The number of rotatable bonds is 16. The lowest BCUT2D eigenvalue weighted by Crippen LogP contribution is -2.39. The summed E-state index contributed by atoms with van der Waals surface area (Å²) in [5.41, 5.74) is 2.59. The smallest absolute Gasteiger partial charge is 0.308 e. The summed E-state index contributed by atoms with van der Waals surface area (Å²) in [6.07, 6.45) is 10.1. The van der Waals surface area contributed by atoms with E-state index in [1.807, 2.05) is 18.2 Å². The van der Waals surface area contributed by atoms with E-state index in [1.165, 1.54) is 49.7 Å². The van der Waals surface area contributed by atoms with Gasteiger partial charge in [-0.05, 0) is 30.5 Å². The highest BCUT2D eigenvalue weighted by Crippen LogP contribution is 2.17. The van der Waals surface area contributed by atoms with Gasteiger partial charge in [-0.3, -0.25) is 4.79 Å². The van der Waals surface area contributed by atoms with Crippen LogP contribution in [0.2, 0.25) is 0 Å². The molecule has 4 nitrogen and oxygen atoms in total. The third-order valence-corrected chi connectivity index (χ3v) is 5.76. The van der Waals surface area contributed by atoms with Gasteiger partial charge in [-0.15, -0.1) is 0 Å². The molecule has 0 aliphatic rings. The van der Waals surface area contributed by atoms with Crippen molar-refractivity contribution in [3.8, 4) is 5.75 Å². The Morgan fingerprint density at radius 1 is 0.844 bits per heavy atom. The molecule has 0 unspecified atom stereocenters. The maximum absolute atomic E-state index is 12.1. The fraction of sp³-hybridized carbons (Fsp3) is 0.536. The van der Waals surface area contributed by atoms with Gasteiger partial charge in [0.05, 0.1) is 27.1 Å². The minimum Gasteiger partial charge on any atom is -0.457 e. The van der Waals surface area contributed by atoms with Crippen molar-refractivity contribution in [2.24, 2.45) is 0 Å². The average Bonchev–Trinajstić information content (AvgIpc) is 2.77. The molecular formula is C28H42NO3+. The Morgan fingerprint density at radius 3 is 2.34 bits per heavy atom. The van der Waals surface area contributed by atoms with Crippen molar-refractivity contribution in [1.29, 1.82) is 0 Å². The number of benzene rings is 2. The van der Waals surface area contributed by atoms with Crippen LogP contribution >= 0.6 is 0 Å². The van der Waals surface area contributed by atoms with Crippen molar-refractivity contribution in [3.05, 3.63) is 65.7 Å². The first-order valence-electron chi connectivity index (χ1n) is 12.2. The second-order valence-electron chi connectivity index (χ2n) is 9.35. The first-order valence-corrected chi connectivity index (χ1v) is 12.2. The summed E-state index contributed by atoms with van der Waals surface area (Å²) in [5, 5.41) is 0. The molecule has 0 amide bonds. The molecule has 0 atom stereocenters. The zero-order valence-electron chi connectivity index (χ0n) is 20.4. The van der Waals surface area contributed by atoms with Crippen LogP contribution in [0.15, 0.2) is 54.6 Å². The predicted molar refractivity (Wildman–Crippen MR) is 131 cm³/mol. The zero-order valence-corrected chi connectivity index (χ0v) is 20.4. The number of ether oxygens (including phenoxy) is 2. The molecule has 2 aromatic rings. The third kappa shape index (κ3) is 11.3. The number of esters is 1. The Morgan fingerprint density at radius 2 is 1.56 bits per heavy atom. The van der Waals surface area contributed by atoms with Crippen LogP contribution in [0.1, 0.15) is 69.4 Å². The van der Waals surface area contributed by atoms with Crippen molar-refractivity contribution in [2.45, 2.75) is 71.3 Å². The zero-order chi connectivity index (χ0) is 23.1. The van der Waals surface area contributed by atoms with Crippen LogP contribution in [0.4, 0.5) is 0 Å². The molecule has 0 saturated heterocycles. The molecular weight excluding hydrogens is 398 g/mol. The molecule has 2 rings (SSSR count). The number of hydrogen-bond acceptors (Lipinski definition) is 3. The third-order valence-electron chi connectivity index (χ3n) is 5.76. The number of nitrogens with zero attached hydrogens (tertiary/aromatic N) is 1. The predicted octanol–water partition coefficient (Wildman–Crippen LogP) is 6.53. The van der Waals surface area contributed by atoms with E-state index in [0.29, 0.717) is 6.42 Å². The van der Waals surface area contributed by atoms with Gasteiger partial charge < -0.3 is 14.0 Å². The summed E-state index contributed by atoms with van der Waals surface area (Å²) in [4.78, 5) is 12.1. The molecule has 0 saturated carbocycles. The minimum absolute atomic E-state index is 0.0262. The van der Waals surface area contributed by atoms with E-state index in [4.69, 9.17) is 9.47 Å². The minimum atomic E-state index is -0.201. The molecule has 0 bridgehead atoms. The van der Waals surface area contributed by atoms with E-state index < -0.39 is 0 Å². The van der Waals surface area contributed by atoms with Crippen molar-refractivity contribution < 1.29 is 18.8 Å². The standard InChI is InChI=1S/C28H42NO3/c1-4-5-6-7-8-10-15-25-18-13-19-27(22-25)31-24-32-28(30)20-14-21-29(2,3)23-26-16-11-9-12-17-26/h9,11-13,16-19,22H,4-8,10,14-15,20-21,23-24H2,1-3H3/q+1. The number of hydrogen-bond donors (Lipinski definition) is 0. The molecule has 0 fully saturated rings. The molecule has 0 aromatic heterocycles. The van der Waals surface area contributed by atoms with E-state index in [2.05, 4.69) is 57.4 Å². The molecule has 4 heteroatoms. The summed E-state index contributed by atoms with van der Waals surface area (Å²) < 4.78 is 11.8. The van der Waals surface area contributed by atoms with Gasteiger partial charge in [0.15, 0.2) is 0 Å². The SMILES string of the molecule is CCCCCCCCc1cccc(OCOC(=O)CCC[N+](C)(C)Cc2ccccc2)c1. The Labute approximate surface area is 195 Å². The summed E-state index contributed by atoms with van der Waals surface area (Å²) in [6.45, 7) is 4.09. The number of aryl methyl sites for hydroxylation is 1. The fourth-order valence-corrected chi connectivity index (χ4v) is 3.94. The molecule has 0 aliphatic carbocycles. The summed E-state index contributed by atoms with van der Waals surface area (Å²) >= 11 is 0. The largest absolute Gasteiger partial charge is 0.457 e. The Kier molecular flexibility index (Phi) is 11.9. The second-order valence-corrected chi connectivity index (χ2v) is 9.35. The van der Waals surface area contributed by atoms with E-state index in [-0.39, 0.29) is 12.8 Å². The number of carbonyl (C=O) groups excluding carboxylic acids is 1. The van der Waals surface area contributed by atoms with Gasteiger partial charge in [0.1, 0.15) is 12.3 Å². The van der Waals surface area contributed by atoms with Crippen LogP contribution in [0.5, 0.6) is 5.75 Å². The monoisotopic (exact) mass is 440 g/mol. The van der Waals surface area contributed by atoms with Gasteiger partial charge in [0.2, 0.25) is 6.79 Å². The molecule has 176 valence electrons. The van der Waals surface area contributed by atoms with E-state index in [1.54, 1.807) is 0 Å². The fourth-order valence-electron chi connectivity index (χ4n) is 3.94. The van der Waals surface area contributed by atoms with E-state index in [0.717, 1.165) is 36.2 Å². The molecule has 0 radical (unpaired) electrons. The van der Waals surface area contributed by atoms with Gasteiger partial charge in [0.25, 0.3) is 0 Å². The topological polar surface area (TPSA) is 35.5 Å². The van der Waals surface area contributed by atoms with Crippen LogP contribution in [0.3, 0.4) is 0 Å². The lowest BCUT2D eigenvalue weighted by molar-refractivity contribution is -0.903. The summed E-state index contributed by atoms with van der Waals surface area (Å²) in [6, 6.07) is 18.6. The van der Waals surface area contributed by atoms with Gasteiger partial charge in [-0.1, -0.05) is 81.5 Å². The highest BCUT2D eigenvalue weighted by molar-refractivity contribution is 5.69. The lowest BCUT2D eigenvalue weighted by Gasteiger charge is -2.29. The highest BCUT2D eigenvalue weighted by atomic mass is 16.7. The molecule has 32 heavy (non-hydrogen) atoms.